The Morgan fingerprint density at radius 3 is 3.22 bits per heavy atom. The molecule has 5 nitrogen and oxygen atoms in total. The van der Waals surface area contributed by atoms with Crippen molar-refractivity contribution in [2.45, 2.75) is 19.5 Å². The topological polar surface area (TPSA) is 45.5 Å². The van der Waals surface area contributed by atoms with Crippen LogP contribution in [0.1, 0.15) is 21.6 Å². The number of fused-ring (bicyclic) bond motifs is 2. The number of thiophene rings is 1. The zero-order valence-electron chi connectivity index (χ0n) is 13.0. The SMILES string of the molecule is CN[CH-]c1csc2c1CCN(Cc1cnc3ccnn3c1)C2.[U]. The van der Waals surface area contributed by atoms with Gasteiger partial charge in [-0.25, -0.2) is 20.8 Å². The van der Waals surface area contributed by atoms with Crippen molar-refractivity contribution in [3.05, 3.63) is 58.1 Å². The van der Waals surface area contributed by atoms with E-state index in [-0.39, 0.29) is 31.1 Å². The fraction of sp³-hybridized carbons (Fsp3) is 0.312. The first-order chi connectivity index (χ1) is 10.8. The second kappa shape index (κ2) is 7.37. The van der Waals surface area contributed by atoms with Gasteiger partial charge in [-0.15, -0.1) is 17.5 Å². The minimum Gasteiger partial charge on any atom is -0.350 e. The molecule has 1 aliphatic rings. The van der Waals surface area contributed by atoms with E-state index in [9.17, 15) is 0 Å². The van der Waals surface area contributed by atoms with Crippen molar-refractivity contribution in [2.24, 2.45) is 0 Å². The van der Waals surface area contributed by atoms with Gasteiger partial charge in [-0.1, -0.05) is 6.42 Å². The van der Waals surface area contributed by atoms with Gasteiger partial charge in [-0.2, -0.15) is 10.7 Å². The molecule has 3 aromatic rings. The van der Waals surface area contributed by atoms with Crippen LogP contribution in [0.5, 0.6) is 0 Å². The van der Waals surface area contributed by atoms with Crippen LogP contribution < -0.4 is 5.32 Å². The van der Waals surface area contributed by atoms with Gasteiger partial charge in [0.1, 0.15) is 0 Å². The summed E-state index contributed by atoms with van der Waals surface area (Å²) in [5.41, 5.74) is 4.96. The molecule has 0 aliphatic carbocycles. The Bertz CT molecular complexity index is 797. The number of hydrogen-bond donors (Lipinski definition) is 1. The van der Waals surface area contributed by atoms with Crippen LogP contribution in [0, 0.1) is 37.7 Å². The molecule has 0 atom stereocenters. The summed E-state index contributed by atoms with van der Waals surface area (Å²) in [7, 11) is 1.96. The van der Waals surface area contributed by atoms with Crippen LogP contribution in [0.4, 0.5) is 0 Å². The molecule has 0 amide bonds. The van der Waals surface area contributed by atoms with Gasteiger partial charge in [-0.3, -0.25) is 4.90 Å². The van der Waals surface area contributed by atoms with Crippen molar-refractivity contribution in [1.82, 2.24) is 24.8 Å². The molecular formula is C16H18N5SU-. The van der Waals surface area contributed by atoms with Gasteiger partial charge in [0.05, 0.1) is 6.20 Å². The molecule has 0 saturated heterocycles. The van der Waals surface area contributed by atoms with Gasteiger partial charge in [0.25, 0.3) is 0 Å². The first-order valence-electron chi connectivity index (χ1n) is 7.44. The zero-order valence-corrected chi connectivity index (χ0v) is 18.0. The Labute approximate surface area is 163 Å². The Morgan fingerprint density at radius 2 is 2.35 bits per heavy atom. The normalized spacial score (nSPS) is 14.5. The predicted octanol–water partition coefficient (Wildman–Crippen LogP) is 2.08. The Balaban J connectivity index is 0.00000156. The molecule has 118 valence electrons. The summed E-state index contributed by atoms with van der Waals surface area (Å²) in [6.07, 6.45) is 6.93. The van der Waals surface area contributed by atoms with E-state index < -0.39 is 0 Å². The number of aromatic nitrogens is 3. The van der Waals surface area contributed by atoms with E-state index in [0.717, 1.165) is 31.7 Å². The molecule has 0 saturated carbocycles. The number of hydrogen-bond acceptors (Lipinski definition) is 5. The predicted molar refractivity (Wildman–Crippen MR) is 87.6 cm³/mol. The zero-order chi connectivity index (χ0) is 14.9. The van der Waals surface area contributed by atoms with Crippen LogP contribution in [0.3, 0.4) is 0 Å². The van der Waals surface area contributed by atoms with Crippen LogP contribution in [0.2, 0.25) is 0 Å². The van der Waals surface area contributed by atoms with Gasteiger partial charge >= 0.3 is 0 Å². The molecule has 0 fully saturated rings. The molecule has 7 heteroatoms. The fourth-order valence-electron chi connectivity index (χ4n) is 3.01. The second-order valence-corrected chi connectivity index (χ2v) is 6.55. The summed E-state index contributed by atoms with van der Waals surface area (Å²) in [4.78, 5) is 8.41. The summed E-state index contributed by atoms with van der Waals surface area (Å²) < 4.78 is 1.84. The van der Waals surface area contributed by atoms with Crippen LogP contribution >= 0.6 is 11.3 Å². The average molecular weight is 550 g/mol. The van der Waals surface area contributed by atoms with Crippen molar-refractivity contribution in [2.75, 3.05) is 13.6 Å². The third-order valence-electron chi connectivity index (χ3n) is 4.06. The van der Waals surface area contributed by atoms with E-state index in [2.05, 4.69) is 38.4 Å². The Hall–Kier alpha value is -0.838. The van der Waals surface area contributed by atoms with E-state index in [1.807, 2.05) is 35.2 Å². The van der Waals surface area contributed by atoms with Crippen LogP contribution in [-0.2, 0) is 19.5 Å². The van der Waals surface area contributed by atoms with Crippen LogP contribution in [-0.4, -0.2) is 33.1 Å². The summed E-state index contributed by atoms with van der Waals surface area (Å²) in [5, 5.41) is 9.65. The standard InChI is InChI=1S/C16H18N5S.U/c1-17-7-13-11-22-15-10-20(5-3-14(13)15)8-12-6-18-16-2-4-19-21(16)9-12;/h2,4,6-7,9,11,17H,3,5,8,10H2,1H3;/q-1;. The summed E-state index contributed by atoms with van der Waals surface area (Å²) >= 11 is 1.86. The summed E-state index contributed by atoms with van der Waals surface area (Å²) in [5.74, 6) is 0. The molecule has 4 rings (SSSR count). The van der Waals surface area contributed by atoms with Crippen LogP contribution in [0.15, 0.2) is 30.0 Å². The summed E-state index contributed by atoms with van der Waals surface area (Å²) in [6, 6.07) is 1.92. The molecule has 0 aromatic carbocycles. The Morgan fingerprint density at radius 1 is 1.43 bits per heavy atom. The van der Waals surface area contributed by atoms with Gasteiger partial charge < -0.3 is 5.32 Å². The molecular weight excluding hydrogens is 532 g/mol. The minimum atomic E-state index is 0. The average Bonchev–Trinajstić information content (AvgIpc) is 3.14. The molecule has 0 spiro atoms. The van der Waals surface area contributed by atoms with Gasteiger partial charge in [0.2, 0.25) is 0 Å². The molecule has 1 N–H and O–H groups in total. The molecule has 3 aromatic heterocycles. The first-order valence-corrected chi connectivity index (χ1v) is 8.32. The van der Waals surface area contributed by atoms with Crippen molar-refractivity contribution in [3.63, 3.8) is 0 Å². The second-order valence-electron chi connectivity index (χ2n) is 5.58. The molecule has 0 unspecified atom stereocenters. The number of nitrogens with one attached hydrogen (secondary N) is 1. The maximum Gasteiger partial charge on any atom is 0.154 e. The number of rotatable bonds is 4. The largest absolute Gasteiger partial charge is 0.350 e. The van der Waals surface area contributed by atoms with E-state index in [1.165, 1.54) is 21.6 Å². The van der Waals surface area contributed by atoms with Gasteiger partial charge in [0.15, 0.2) is 5.65 Å². The maximum absolute atomic E-state index is 4.44. The van der Waals surface area contributed by atoms with Crippen LogP contribution in [0.25, 0.3) is 5.65 Å². The van der Waals surface area contributed by atoms with Crippen molar-refractivity contribution in [3.8, 4) is 0 Å². The molecule has 4 heterocycles. The van der Waals surface area contributed by atoms with Gasteiger partial charge in [-0.05, 0) is 18.5 Å². The quantitative estimate of drug-likeness (QED) is 0.506. The monoisotopic (exact) mass is 550 g/mol. The smallest absolute Gasteiger partial charge is 0.154 e. The van der Waals surface area contributed by atoms with Gasteiger partial charge in [0, 0.05) is 68.2 Å². The fourth-order valence-corrected chi connectivity index (χ4v) is 4.11. The third kappa shape index (κ3) is 3.49. The van der Waals surface area contributed by atoms with E-state index in [1.54, 1.807) is 6.20 Å². The van der Waals surface area contributed by atoms with E-state index in [4.69, 9.17) is 0 Å². The molecule has 0 bridgehead atoms. The maximum atomic E-state index is 4.44. The third-order valence-corrected chi connectivity index (χ3v) is 5.10. The van der Waals surface area contributed by atoms with E-state index in [0.29, 0.717) is 0 Å². The minimum absolute atomic E-state index is 0. The number of nitrogens with zero attached hydrogens (tertiary/aromatic N) is 4. The molecule has 1 aliphatic heterocycles. The van der Waals surface area contributed by atoms with Crippen molar-refractivity contribution >= 4 is 17.0 Å². The first kappa shape index (κ1) is 17.0. The molecule has 23 heavy (non-hydrogen) atoms. The molecule has 0 radical (unpaired) electrons. The summed E-state index contributed by atoms with van der Waals surface area (Å²) in [6.45, 7) is 5.13. The van der Waals surface area contributed by atoms with Crippen molar-refractivity contribution < 1.29 is 31.1 Å². The Kier molecular flexibility index (Phi) is 5.45. The van der Waals surface area contributed by atoms with E-state index >= 15 is 0 Å². The van der Waals surface area contributed by atoms with Crippen molar-refractivity contribution in [1.29, 1.82) is 0 Å².